The second kappa shape index (κ2) is 8.02. The Hall–Kier alpha value is -2.39. The van der Waals surface area contributed by atoms with Gasteiger partial charge in [0, 0.05) is 13.5 Å². The van der Waals surface area contributed by atoms with Crippen molar-refractivity contribution in [3.8, 4) is 6.07 Å². The fourth-order valence-electron chi connectivity index (χ4n) is 2.01. The van der Waals surface area contributed by atoms with Crippen molar-refractivity contribution in [2.45, 2.75) is 25.5 Å². The van der Waals surface area contributed by atoms with Gasteiger partial charge >= 0.3 is 0 Å². The molecule has 0 spiro atoms. The van der Waals surface area contributed by atoms with E-state index in [-0.39, 0.29) is 12.3 Å². The molecule has 0 saturated heterocycles. The summed E-state index contributed by atoms with van der Waals surface area (Å²) in [5.41, 5.74) is 5.97. The van der Waals surface area contributed by atoms with Crippen LogP contribution < -0.4 is 11.1 Å². The number of benzene rings is 1. The number of nitrogens with one attached hydrogen (secondary N) is 1. The Balaban J connectivity index is 2.85. The zero-order chi connectivity index (χ0) is 15.8. The standard InChI is InChI=1S/C15H19N3O3/c1-10(8-9-16)12(14(17)19)18-15(20)13(21-2)11-6-4-3-5-7-11/h3-7,10,12-13H,8H2,1-2H3,(H2,17,19)(H,18,20)/t10-,12-,13+/m0/s1. The van der Waals surface area contributed by atoms with Crippen LogP contribution >= 0.6 is 0 Å². The van der Waals surface area contributed by atoms with Crippen molar-refractivity contribution in [1.82, 2.24) is 5.32 Å². The molecule has 1 aromatic rings. The Morgan fingerprint density at radius 1 is 1.38 bits per heavy atom. The van der Waals surface area contributed by atoms with Gasteiger partial charge in [0.2, 0.25) is 5.91 Å². The van der Waals surface area contributed by atoms with E-state index in [1.54, 1.807) is 31.2 Å². The third-order valence-corrected chi connectivity index (χ3v) is 3.16. The van der Waals surface area contributed by atoms with Crippen molar-refractivity contribution in [2.75, 3.05) is 7.11 Å². The Morgan fingerprint density at radius 2 is 2.00 bits per heavy atom. The average Bonchev–Trinajstić information content (AvgIpc) is 2.46. The number of ether oxygens (including phenoxy) is 1. The lowest BCUT2D eigenvalue weighted by atomic mass is 9.97. The number of rotatable bonds is 7. The highest BCUT2D eigenvalue weighted by molar-refractivity contribution is 5.89. The Morgan fingerprint density at radius 3 is 2.48 bits per heavy atom. The zero-order valence-electron chi connectivity index (χ0n) is 12.1. The quantitative estimate of drug-likeness (QED) is 0.777. The minimum Gasteiger partial charge on any atom is -0.368 e. The Labute approximate surface area is 123 Å². The molecule has 0 heterocycles. The van der Waals surface area contributed by atoms with Crippen molar-refractivity contribution >= 4 is 11.8 Å². The van der Waals surface area contributed by atoms with Crippen molar-refractivity contribution in [1.29, 1.82) is 5.26 Å². The molecule has 0 aromatic heterocycles. The first-order chi connectivity index (χ1) is 10.0. The lowest BCUT2D eigenvalue weighted by Gasteiger charge is -2.23. The van der Waals surface area contributed by atoms with Gasteiger partial charge in [-0.15, -0.1) is 0 Å². The largest absolute Gasteiger partial charge is 0.368 e. The van der Waals surface area contributed by atoms with E-state index in [1.807, 2.05) is 12.1 Å². The molecule has 6 heteroatoms. The van der Waals surface area contributed by atoms with Gasteiger partial charge in [-0.2, -0.15) is 5.26 Å². The molecule has 1 rings (SSSR count). The van der Waals surface area contributed by atoms with Gasteiger partial charge in [-0.3, -0.25) is 9.59 Å². The van der Waals surface area contributed by atoms with Crippen LogP contribution in [0.5, 0.6) is 0 Å². The van der Waals surface area contributed by atoms with Crippen LogP contribution in [0.1, 0.15) is 25.0 Å². The molecule has 0 fully saturated rings. The molecule has 0 aliphatic carbocycles. The predicted octanol–water partition coefficient (Wildman–Crippen LogP) is 0.894. The van der Waals surface area contributed by atoms with Gasteiger partial charge in [0.05, 0.1) is 6.07 Å². The van der Waals surface area contributed by atoms with E-state index < -0.39 is 24.0 Å². The third-order valence-electron chi connectivity index (χ3n) is 3.16. The van der Waals surface area contributed by atoms with E-state index >= 15 is 0 Å². The molecule has 2 amide bonds. The number of nitrogens with two attached hydrogens (primary N) is 1. The van der Waals surface area contributed by atoms with Gasteiger partial charge in [-0.25, -0.2) is 0 Å². The third kappa shape index (κ3) is 4.58. The summed E-state index contributed by atoms with van der Waals surface area (Å²) in [6, 6.07) is 9.98. The van der Waals surface area contributed by atoms with E-state index in [9.17, 15) is 9.59 Å². The van der Waals surface area contributed by atoms with Crippen molar-refractivity contribution < 1.29 is 14.3 Å². The molecular formula is C15H19N3O3. The summed E-state index contributed by atoms with van der Waals surface area (Å²) in [4.78, 5) is 23.7. The lowest BCUT2D eigenvalue weighted by Crippen LogP contribution is -2.49. The van der Waals surface area contributed by atoms with Gasteiger partial charge < -0.3 is 15.8 Å². The first-order valence-corrected chi connectivity index (χ1v) is 6.55. The molecule has 3 atom stereocenters. The van der Waals surface area contributed by atoms with Crippen LogP contribution in [0.25, 0.3) is 0 Å². The number of amides is 2. The van der Waals surface area contributed by atoms with Crippen LogP contribution in [0, 0.1) is 17.2 Å². The minimum atomic E-state index is -0.904. The molecule has 0 aliphatic heterocycles. The van der Waals surface area contributed by atoms with E-state index in [0.29, 0.717) is 5.56 Å². The number of hydrogen-bond acceptors (Lipinski definition) is 4. The summed E-state index contributed by atoms with van der Waals surface area (Å²) in [5.74, 6) is -1.50. The summed E-state index contributed by atoms with van der Waals surface area (Å²) in [6.45, 7) is 1.68. The van der Waals surface area contributed by atoms with Crippen molar-refractivity contribution in [3.63, 3.8) is 0 Å². The second-order valence-corrected chi connectivity index (χ2v) is 4.75. The summed E-state index contributed by atoms with van der Waals surface area (Å²) in [5, 5.41) is 11.3. The van der Waals surface area contributed by atoms with Crippen LogP contribution in [0.2, 0.25) is 0 Å². The number of nitriles is 1. The summed E-state index contributed by atoms with van der Waals surface area (Å²) in [7, 11) is 1.41. The number of primary amides is 1. The van der Waals surface area contributed by atoms with E-state index in [0.717, 1.165) is 0 Å². The highest BCUT2D eigenvalue weighted by Gasteiger charge is 2.28. The van der Waals surface area contributed by atoms with E-state index in [4.69, 9.17) is 15.7 Å². The molecule has 3 N–H and O–H groups in total. The molecule has 0 saturated carbocycles. The number of carbonyl (C=O) groups excluding carboxylic acids is 2. The zero-order valence-corrected chi connectivity index (χ0v) is 12.1. The topological polar surface area (TPSA) is 105 Å². The maximum Gasteiger partial charge on any atom is 0.254 e. The fraction of sp³-hybridized carbons (Fsp3) is 0.400. The van der Waals surface area contributed by atoms with Gasteiger partial charge in [-0.1, -0.05) is 37.3 Å². The van der Waals surface area contributed by atoms with E-state index in [1.165, 1.54) is 7.11 Å². The normalized spacial score (nSPS) is 14.5. The van der Waals surface area contributed by atoms with Crippen LogP contribution in [0.3, 0.4) is 0 Å². The van der Waals surface area contributed by atoms with Crippen molar-refractivity contribution in [2.24, 2.45) is 11.7 Å². The van der Waals surface area contributed by atoms with E-state index in [2.05, 4.69) is 5.32 Å². The minimum absolute atomic E-state index is 0.122. The number of nitrogens with zero attached hydrogens (tertiary/aromatic N) is 1. The number of hydrogen-bond donors (Lipinski definition) is 2. The van der Waals surface area contributed by atoms with Gasteiger partial charge in [0.1, 0.15) is 6.04 Å². The highest BCUT2D eigenvalue weighted by Crippen LogP contribution is 2.17. The summed E-state index contributed by atoms with van der Waals surface area (Å²) >= 11 is 0. The smallest absolute Gasteiger partial charge is 0.254 e. The van der Waals surface area contributed by atoms with Crippen LogP contribution in [0.15, 0.2) is 30.3 Å². The van der Waals surface area contributed by atoms with Crippen LogP contribution in [0.4, 0.5) is 0 Å². The molecule has 1 aromatic carbocycles. The van der Waals surface area contributed by atoms with Crippen LogP contribution in [-0.2, 0) is 14.3 Å². The fourth-order valence-corrected chi connectivity index (χ4v) is 2.01. The van der Waals surface area contributed by atoms with Gasteiger partial charge in [0.25, 0.3) is 5.91 Å². The molecule has 6 nitrogen and oxygen atoms in total. The maximum atomic E-state index is 12.3. The summed E-state index contributed by atoms with van der Waals surface area (Å²) in [6.07, 6.45) is -0.709. The second-order valence-electron chi connectivity index (χ2n) is 4.75. The average molecular weight is 289 g/mol. The summed E-state index contributed by atoms with van der Waals surface area (Å²) < 4.78 is 5.19. The first-order valence-electron chi connectivity index (χ1n) is 6.55. The highest BCUT2D eigenvalue weighted by atomic mass is 16.5. The first kappa shape index (κ1) is 16.7. The van der Waals surface area contributed by atoms with Gasteiger partial charge in [0.15, 0.2) is 6.10 Å². The SMILES string of the molecule is CO[C@@H](C(=O)N[C@H](C(N)=O)[C@@H](C)CC#N)c1ccccc1. The number of methoxy groups -OCH3 is 1. The molecule has 0 radical (unpaired) electrons. The van der Waals surface area contributed by atoms with Crippen LogP contribution in [-0.4, -0.2) is 25.0 Å². The molecule has 112 valence electrons. The molecule has 0 bridgehead atoms. The molecule has 21 heavy (non-hydrogen) atoms. The van der Waals surface area contributed by atoms with Gasteiger partial charge in [-0.05, 0) is 11.5 Å². The molecule has 0 unspecified atom stereocenters. The lowest BCUT2D eigenvalue weighted by molar-refractivity contribution is -0.135. The number of carbonyl (C=O) groups is 2. The molecule has 0 aliphatic rings. The maximum absolute atomic E-state index is 12.3. The molecular weight excluding hydrogens is 270 g/mol. The monoisotopic (exact) mass is 289 g/mol. The Bertz CT molecular complexity index is 525. The Kier molecular flexibility index (Phi) is 6.37. The van der Waals surface area contributed by atoms with Crippen molar-refractivity contribution in [3.05, 3.63) is 35.9 Å². The predicted molar refractivity (Wildman–Crippen MR) is 76.7 cm³/mol.